The molecule has 0 spiro atoms. The maximum Gasteiger partial charge on any atom is 0.194 e. The average Bonchev–Trinajstić information content (AvgIpc) is 2.82. The van der Waals surface area contributed by atoms with Crippen LogP contribution in [0.4, 0.5) is 18.9 Å². The van der Waals surface area contributed by atoms with Crippen molar-refractivity contribution in [3.63, 3.8) is 0 Å². The highest BCUT2D eigenvalue weighted by molar-refractivity contribution is 5.44. The van der Waals surface area contributed by atoms with Gasteiger partial charge in [0, 0.05) is 17.8 Å². The summed E-state index contributed by atoms with van der Waals surface area (Å²) in [4.78, 5) is 0. The normalized spacial score (nSPS) is 11.7. The van der Waals surface area contributed by atoms with Crippen LogP contribution >= 0.6 is 0 Å². The zero-order valence-corrected chi connectivity index (χ0v) is 11.4. The van der Waals surface area contributed by atoms with Gasteiger partial charge in [0.1, 0.15) is 5.69 Å². The molecular formula is C13H15F3N4. The third-order valence-corrected chi connectivity index (χ3v) is 2.69. The Balaban J connectivity index is 2.08. The quantitative estimate of drug-likeness (QED) is 0.881. The Labute approximate surface area is 114 Å². The van der Waals surface area contributed by atoms with Crippen LogP contribution in [0, 0.1) is 17.5 Å². The van der Waals surface area contributed by atoms with Crippen LogP contribution in [-0.4, -0.2) is 15.0 Å². The summed E-state index contributed by atoms with van der Waals surface area (Å²) >= 11 is 0. The van der Waals surface area contributed by atoms with Crippen LogP contribution in [0.15, 0.2) is 18.3 Å². The number of hydrogen-bond acceptors (Lipinski definition) is 3. The number of halogens is 3. The summed E-state index contributed by atoms with van der Waals surface area (Å²) in [6.45, 7) is 6.16. The molecule has 4 nitrogen and oxygen atoms in total. The Kier molecular flexibility index (Phi) is 3.69. The lowest BCUT2D eigenvalue weighted by Gasteiger charge is -2.17. The molecule has 0 saturated heterocycles. The van der Waals surface area contributed by atoms with Crippen molar-refractivity contribution in [1.29, 1.82) is 0 Å². The molecule has 0 aliphatic carbocycles. The van der Waals surface area contributed by atoms with Crippen LogP contribution in [-0.2, 0) is 12.1 Å². The third kappa shape index (κ3) is 3.09. The van der Waals surface area contributed by atoms with E-state index in [1.54, 1.807) is 10.9 Å². The van der Waals surface area contributed by atoms with Gasteiger partial charge in [0.15, 0.2) is 17.5 Å². The molecule has 1 heterocycles. The summed E-state index contributed by atoms with van der Waals surface area (Å²) in [5, 5.41) is 10.7. The minimum Gasteiger partial charge on any atom is -0.379 e. The van der Waals surface area contributed by atoms with Crippen molar-refractivity contribution in [3.8, 4) is 0 Å². The first-order valence-corrected chi connectivity index (χ1v) is 6.07. The van der Waals surface area contributed by atoms with E-state index in [0.29, 0.717) is 5.69 Å². The molecule has 7 heteroatoms. The summed E-state index contributed by atoms with van der Waals surface area (Å²) in [6, 6.07) is 1.79. The first-order chi connectivity index (χ1) is 9.27. The van der Waals surface area contributed by atoms with Crippen LogP contribution in [0.1, 0.15) is 26.5 Å². The molecule has 1 N–H and O–H groups in total. The Hall–Kier alpha value is -2.05. The fraction of sp³-hybridized carbons (Fsp3) is 0.385. The lowest BCUT2D eigenvalue weighted by Crippen LogP contribution is -2.22. The lowest BCUT2D eigenvalue weighted by molar-refractivity contribution is 0.347. The molecule has 0 radical (unpaired) electrons. The molecule has 0 aliphatic rings. The molecule has 0 saturated carbocycles. The van der Waals surface area contributed by atoms with Gasteiger partial charge in [-0.3, -0.25) is 0 Å². The second kappa shape index (κ2) is 5.15. The molecule has 2 rings (SSSR count). The average molecular weight is 284 g/mol. The molecule has 0 atom stereocenters. The second-order valence-electron chi connectivity index (χ2n) is 5.43. The minimum absolute atomic E-state index is 0.145. The van der Waals surface area contributed by atoms with Gasteiger partial charge in [-0.1, -0.05) is 5.21 Å². The Morgan fingerprint density at radius 1 is 1.15 bits per heavy atom. The van der Waals surface area contributed by atoms with Crippen LogP contribution in [0.3, 0.4) is 0 Å². The minimum atomic E-state index is -1.48. The van der Waals surface area contributed by atoms with Gasteiger partial charge >= 0.3 is 0 Å². The fourth-order valence-electron chi connectivity index (χ4n) is 1.56. The van der Waals surface area contributed by atoms with Gasteiger partial charge in [-0.05, 0) is 20.8 Å². The van der Waals surface area contributed by atoms with Crippen molar-refractivity contribution in [3.05, 3.63) is 41.5 Å². The largest absolute Gasteiger partial charge is 0.379 e. The first kappa shape index (κ1) is 14.4. The summed E-state index contributed by atoms with van der Waals surface area (Å²) in [6.07, 6.45) is 1.74. The van der Waals surface area contributed by atoms with Gasteiger partial charge in [-0.25, -0.2) is 17.9 Å². The molecule has 2 aromatic rings. The highest BCUT2D eigenvalue weighted by Crippen LogP contribution is 2.18. The predicted octanol–water partition coefficient (Wildman–Crippen LogP) is 3.06. The van der Waals surface area contributed by atoms with E-state index >= 15 is 0 Å². The van der Waals surface area contributed by atoms with Gasteiger partial charge in [0.25, 0.3) is 0 Å². The highest BCUT2D eigenvalue weighted by Gasteiger charge is 2.15. The fourth-order valence-corrected chi connectivity index (χ4v) is 1.56. The van der Waals surface area contributed by atoms with E-state index in [2.05, 4.69) is 15.6 Å². The van der Waals surface area contributed by atoms with Crippen molar-refractivity contribution < 1.29 is 13.2 Å². The Morgan fingerprint density at radius 2 is 1.75 bits per heavy atom. The molecule has 0 bridgehead atoms. The highest BCUT2D eigenvalue weighted by atomic mass is 19.2. The lowest BCUT2D eigenvalue weighted by atomic mass is 10.1. The monoisotopic (exact) mass is 284 g/mol. The number of nitrogens with one attached hydrogen (secondary N) is 1. The predicted molar refractivity (Wildman–Crippen MR) is 68.7 cm³/mol. The van der Waals surface area contributed by atoms with Crippen molar-refractivity contribution in [2.45, 2.75) is 32.9 Å². The van der Waals surface area contributed by atoms with E-state index in [4.69, 9.17) is 0 Å². The van der Waals surface area contributed by atoms with Gasteiger partial charge in [0.05, 0.1) is 18.3 Å². The SMILES string of the molecule is CC(C)(C)n1cc(CNc2cc(F)c(F)c(F)c2)nn1. The van der Waals surface area contributed by atoms with Crippen LogP contribution in [0.25, 0.3) is 0 Å². The molecule has 108 valence electrons. The van der Waals surface area contributed by atoms with E-state index in [1.165, 1.54) is 0 Å². The van der Waals surface area contributed by atoms with Crippen LogP contribution < -0.4 is 5.32 Å². The van der Waals surface area contributed by atoms with Crippen molar-refractivity contribution in [1.82, 2.24) is 15.0 Å². The zero-order chi connectivity index (χ0) is 14.9. The molecular weight excluding hydrogens is 269 g/mol. The van der Waals surface area contributed by atoms with Crippen molar-refractivity contribution >= 4 is 5.69 Å². The summed E-state index contributed by atoms with van der Waals surface area (Å²) in [7, 11) is 0. The van der Waals surface area contributed by atoms with E-state index in [0.717, 1.165) is 12.1 Å². The summed E-state index contributed by atoms with van der Waals surface area (Å²) in [5.74, 6) is -3.94. The van der Waals surface area contributed by atoms with E-state index in [9.17, 15) is 13.2 Å². The Bertz CT molecular complexity index is 593. The maximum atomic E-state index is 13.0. The topological polar surface area (TPSA) is 42.7 Å². The smallest absolute Gasteiger partial charge is 0.194 e. The van der Waals surface area contributed by atoms with Gasteiger partial charge in [-0.2, -0.15) is 0 Å². The molecule has 1 aromatic carbocycles. The number of anilines is 1. The van der Waals surface area contributed by atoms with Gasteiger partial charge < -0.3 is 5.32 Å². The van der Waals surface area contributed by atoms with Gasteiger partial charge in [-0.15, -0.1) is 5.10 Å². The van der Waals surface area contributed by atoms with Crippen molar-refractivity contribution in [2.75, 3.05) is 5.32 Å². The number of hydrogen-bond donors (Lipinski definition) is 1. The molecule has 0 unspecified atom stereocenters. The summed E-state index contributed by atoms with van der Waals surface area (Å²) < 4.78 is 40.6. The molecule has 1 aromatic heterocycles. The third-order valence-electron chi connectivity index (χ3n) is 2.69. The molecule has 0 amide bonds. The van der Waals surface area contributed by atoms with Crippen LogP contribution in [0.5, 0.6) is 0 Å². The number of aromatic nitrogens is 3. The number of nitrogens with zero attached hydrogens (tertiary/aromatic N) is 3. The van der Waals surface area contributed by atoms with Gasteiger partial charge in [0.2, 0.25) is 0 Å². The first-order valence-electron chi connectivity index (χ1n) is 6.07. The van der Waals surface area contributed by atoms with Crippen molar-refractivity contribution in [2.24, 2.45) is 0 Å². The molecule has 0 aliphatic heterocycles. The van der Waals surface area contributed by atoms with E-state index in [-0.39, 0.29) is 17.8 Å². The Morgan fingerprint density at radius 3 is 2.25 bits per heavy atom. The summed E-state index contributed by atoms with van der Waals surface area (Å²) in [5.41, 5.74) is 0.566. The standard InChI is InChI=1S/C13H15F3N4/c1-13(2,3)20-7-9(18-19-20)6-17-8-4-10(14)12(16)11(15)5-8/h4-5,7,17H,6H2,1-3H3. The van der Waals surface area contributed by atoms with E-state index < -0.39 is 17.5 Å². The van der Waals surface area contributed by atoms with Crippen LogP contribution in [0.2, 0.25) is 0 Å². The zero-order valence-electron chi connectivity index (χ0n) is 11.4. The van der Waals surface area contributed by atoms with E-state index in [1.807, 2.05) is 20.8 Å². The second-order valence-corrected chi connectivity index (χ2v) is 5.43. The maximum absolute atomic E-state index is 13.0. The number of benzene rings is 1. The number of rotatable bonds is 3. The molecule has 20 heavy (non-hydrogen) atoms. The molecule has 0 fully saturated rings.